The first-order valence-electron chi connectivity index (χ1n) is 7.50. The molecule has 1 aliphatic rings. The van der Waals surface area contributed by atoms with Crippen LogP contribution >= 0.6 is 11.6 Å². The van der Waals surface area contributed by atoms with Gasteiger partial charge < -0.3 is 15.5 Å². The topological polar surface area (TPSA) is 44.4 Å². The maximum absolute atomic E-state index is 12.3. The summed E-state index contributed by atoms with van der Waals surface area (Å²) in [5, 5.41) is 6.64. The van der Waals surface area contributed by atoms with Gasteiger partial charge in [0.25, 0.3) is 5.91 Å². The predicted octanol–water partition coefficient (Wildman–Crippen LogP) is 2.84. The molecule has 0 spiro atoms. The largest absolute Gasteiger partial charge is 0.387 e. The number of hydrogen-bond acceptors (Lipinski definition) is 3. The second-order valence-electron chi connectivity index (χ2n) is 5.89. The van der Waals surface area contributed by atoms with Crippen molar-refractivity contribution in [1.82, 2.24) is 10.2 Å². The monoisotopic (exact) mass is 309 g/mol. The molecule has 1 amide bonds. The van der Waals surface area contributed by atoms with Crippen molar-refractivity contribution >= 4 is 23.2 Å². The number of carbonyl (C=O) groups is 1. The lowest BCUT2D eigenvalue weighted by molar-refractivity contribution is 0.0948. The number of halogens is 1. The zero-order valence-corrected chi connectivity index (χ0v) is 13.7. The molecule has 2 rings (SSSR count). The van der Waals surface area contributed by atoms with Crippen molar-refractivity contribution in [2.45, 2.75) is 26.3 Å². The zero-order chi connectivity index (χ0) is 15.4. The van der Waals surface area contributed by atoms with Gasteiger partial charge >= 0.3 is 0 Å². The maximum Gasteiger partial charge on any atom is 0.253 e. The Bertz CT molecular complexity index is 504. The molecule has 5 heteroatoms. The molecular weight excluding hydrogens is 286 g/mol. The molecule has 21 heavy (non-hydrogen) atoms. The quantitative estimate of drug-likeness (QED) is 0.879. The molecule has 0 aromatic heterocycles. The first-order valence-corrected chi connectivity index (χ1v) is 7.88. The van der Waals surface area contributed by atoms with Gasteiger partial charge in [-0.05, 0) is 50.9 Å². The van der Waals surface area contributed by atoms with Crippen LogP contribution in [0.25, 0.3) is 0 Å². The van der Waals surface area contributed by atoms with E-state index in [1.807, 2.05) is 6.07 Å². The van der Waals surface area contributed by atoms with Crippen molar-refractivity contribution < 1.29 is 4.79 Å². The molecule has 116 valence electrons. The van der Waals surface area contributed by atoms with Gasteiger partial charge in [-0.2, -0.15) is 0 Å². The van der Waals surface area contributed by atoms with Crippen molar-refractivity contribution in [3.63, 3.8) is 0 Å². The Morgan fingerprint density at radius 2 is 2.24 bits per heavy atom. The van der Waals surface area contributed by atoms with Crippen LogP contribution in [0, 0.1) is 5.92 Å². The predicted molar refractivity (Wildman–Crippen MR) is 88.1 cm³/mol. The first-order chi connectivity index (χ1) is 10.0. The van der Waals surface area contributed by atoms with Crippen molar-refractivity contribution in [3.05, 3.63) is 28.8 Å². The summed E-state index contributed by atoms with van der Waals surface area (Å²) in [5.74, 6) is 0.471. The number of likely N-dealkylation sites (tertiary alicyclic amines) is 1. The second-order valence-corrected chi connectivity index (χ2v) is 6.33. The third kappa shape index (κ3) is 4.11. The van der Waals surface area contributed by atoms with Crippen LogP contribution in [0.5, 0.6) is 0 Å². The molecule has 4 nitrogen and oxygen atoms in total. The van der Waals surface area contributed by atoms with Gasteiger partial charge in [0.15, 0.2) is 0 Å². The normalized spacial score (nSPS) is 19.0. The Hall–Kier alpha value is -1.26. The van der Waals surface area contributed by atoms with E-state index in [4.69, 9.17) is 11.6 Å². The molecule has 0 aliphatic carbocycles. The van der Waals surface area contributed by atoms with E-state index in [2.05, 4.69) is 29.4 Å². The molecule has 1 fully saturated rings. The highest BCUT2D eigenvalue weighted by molar-refractivity contribution is 6.31. The third-order valence-corrected chi connectivity index (χ3v) is 4.33. The van der Waals surface area contributed by atoms with Gasteiger partial charge in [0.1, 0.15) is 0 Å². The number of benzene rings is 1. The Labute approximate surface area is 131 Å². The van der Waals surface area contributed by atoms with Crippen LogP contribution in [-0.4, -0.2) is 43.5 Å². The van der Waals surface area contributed by atoms with Crippen molar-refractivity contribution in [1.29, 1.82) is 0 Å². The van der Waals surface area contributed by atoms with Crippen molar-refractivity contribution in [2.24, 2.45) is 5.92 Å². The van der Waals surface area contributed by atoms with Gasteiger partial charge in [0, 0.05) is 36.9 Å². The van der Waals surface area contributed by atoms with E-state index in [0.717, 1.165) is 31.7 Å². The Morgan fingerprint density at radius 1 is 1.48 bits per heavy atom. The number of anilines is 1. The summed E-state index contributed by atoms with van der Waals surface area (Å²) in [6.07, 6.45) is 1.15. The lowest BCUT2D eigenvalue weighted by Crippen LogP contribution is -2.33. The van der Waals surface area contributed by atoms with Crippen LogP contribution in [0.15, 0.2) is 18.2 Å². The summed E-state index contributed by atoms with van der Waals surface area (Å²) in [5.41, 5.74) is 1.40. The molecule has 1 aromatic carbocycles. The fraction of sp³-hybridized carbons (Fsp3) is 0.562. The van der Waals surface area contributed by atoms with E-state index in [1.54, 1.807) is 19.2 Å². The molecule has 0 bridgehead atoms. The van der Waals surface area contributed by atoms with Gasteiger partial charge in [-0.15, -0.1) is 0 Å². The Kier molecular flexibility index (Phi) is 5.48. The minimum absolute atomic E-state index is 0.0650. The van der Waals surface area contributed by atoms with Crippen LogP contribution in [0.2, 0.25) is 5.02 Å². The second kappa shape index (κ2) is 7.14. The fourth-order valence-corrected chi connectivity index (χ4v) is 2.92. The molecule has 1 atom stereocenters. The van der Waals surface area contributed by atoms with E-state index in [0.29, 0.717) is 22.5 Å². The number of amides is 1. The van der Waals surface area contributed by atoms with E-state index in [-0.39, 0.29) is 5.91 Å². The van der Waals surface area contributed by atoms with Gasteiger partial charge in [0.2, 0.25) is 0 Å². The molecule has 1 heterocycles. The summed E-state index contributed by atoms with van der Waals surface area (Å²) >= 11 is 5.98. The van der Waals surface area contributed by atoms with E-state index >= 15 is 0 Å². The highest BCUT2D eigenvalue weighted by Crippen LogP contribution is 2.21. The molecule has 2 N–H and O–H groups in total. The molecular formula is C16H24ClN3O. The number of carbonyl (C=O) groups excluding carboxylic acids is 1. The summed E-state index contributed by atoms with van der Waals surface area (Å²) in [6.45, 7) is 7.33. The average Bonchev–Trinajstić information content (AvgIpc) is 2.94. The van der Waals surface area contributed by atoms with Gasteiger partial charge in [-0.25, -0.2) is 0 Å². The summed E-state index contributed by atoms with van der Waals surface area (Å²) in [7, 11) is 1.80. The first kappa shape index (κ1) is 16.1. The van der Waals surface area contributed by atoms with Crippen LogP contribution in [-0.2, 0) is 0 Å². The van der Waals surface area contributed by atoms with Gasteiger partial charge in [0.05, 0.1) is 5.56 Å². The third-order valence-electron chi connectivity index (χ3n) is 4.09. The van der Waals surface area contributed by atoms with E-state index < -0.39 is 0 Å². The van der Waals surface area contributed by atoms with Crippen LogP contribution in [0.3, 0.4) is 0 Å². The van der Waals surface area contributed by atoms with Gasteiger partial charge in [-0.3, -0.25) is 4.79 Å². The minimum Gasteiger partial charge on any atom is -0.387 e. The van der Waals surface area contributed by atoms with Crippen LogP contribution in [0.1, 0.15) is 30.6 Å². The molecule has 0 saturated carbocycles. The fourth-order valence-electron chi connectivity index (χ4n) is 2.75. The molecule has 1 aliphatic heterocycles. The molecule has 1 aromatic rings. The lowest BCUT2D eigenvalue weighted by atomic mass is 10.1. The molecule has 1 saturated heterocycles. The highest BCUT2D eigenvalue weighted by atomic mass is 35.5. The zero-order valence-electron chi connectivity index (χ0n) is 12.9. The summed E-state index contributed by atoms with van der Waals surface area (Å²) in [4.78, 5) is 14.8. The standard InChI is InChI=1S/C16H24ClN3O/c1-11(2)20-7-6-12(10-20)9-19-16(21)14-8-13(17)4-5-15(14)18-3/h4-5,8,11-12,18H,6-7,9-10H2,1-3H3,(H,19,21). The van der Waals surface area contributed by atoms with Gasteiger partial charge in [-0.1, -0.05) is 11.6 Å². The number of hydrogen-bond donors (Lipinski definition) is 2. The number of nitrogens with zero attached hydrogens (tertiary/aromatic N) is 1. The lowest BCUT2D eigenvalue weighted by Gasteiger charge is -2.20. The van der Waals surface area contributed by atoms with Crippen molar-refractivity contribution in [2.75, 3.05) is 32.0 Å². The minimum atomic E-state index is -0.0650. The molecule has 1 unspecified atom stereocenters. The van der Waals surface area contributed by atoms with Crippen LogP contribution < -0.4 is 10.6 Å². The number of nitrogens with one attached hydrogen (secondary N) is 2. The Balaban J connectivity index is 1.92. The summed E-state index contributed by atoms with van der Waals surface area (Å²) in [6, 6.07) is 5.89. The Morgan fingerprint density at radius 3 is 2.86 bits per heavy atom. The average molecular weight is 310 g/mol. The summed E-state index contributed by atoms with van der Waals surface area (Å²) < 4.78 is 0. The van der Waals surface area contributed by atoms with Crippen molar-refractivity contribution in [3.8, 4) is 0 Å². The molecule has 0 radical (unpaired) electrons. The number of rotatable bonds is 5. The van der Waals surface area contributed by atoms with Crippen LogP contribution in [0.4, 0.5) is 5.69 Å². The van der Waals surface area contributed by atoms with E-state index in [1.165, 1.54) is 0 Å². The van der Waals surface area contributed by atoms with E-state index in [9.17, 15) is 4.79 Å². The highest BCUT2D eigenvalue weighted by Gasteiger charge is 2.24. The maximum atomic E-state index is 12.3. The smallest absolute Gasteiger partial charge is 0.253 e. The SMILES string of the molecule is CNc1ccc(Cl)cc1C(=O)NCC1CCN(C(C)C)C1.